The van der Waals surface area contributed by atoms with Crippen molar-refractivity contribution < 1.29 is 23.5 Å². The monoisotopic (exact) mass is 394 g/mol. The summed E-state index contributed by atoms with van der Waals surface area (Å²) in [5.74, 6) is -0.224. The first-order valence-corrected chi connectivity index (χ1v) is 9.88. The van der Waals surface area contributed by atoms with Gasteiger partial charge in [-0.3, -0.25) is 9.59 Å². The summed E-state index contributed by atoms with van der Waals surface area (Å²) in [5.41, 5.74) is 0. The average Bonchev–Trinajstić information content (AvgIpc) is 3.37. The highest BCUT2D eigenvalue weighted by Crippen LogP contribution is 2.41. The van der Waals surface area contributed by atoms with Crippen molar-refractivity contribution in [2.24, 2.45) is 0 Å². The lowest BCUT2D eigenvalue weighted by atomic mass is 10.2. The molecule has 1 saturated heterocycles. The van der Waals surface area contributed by atoms with Crippen LogP contribution >= 0.6 is 23.1 Å². The second-order valence-corrected chi connectivity index (χ2v) is 7.75. The van der Waals surface area contributed by atoms with E-state index in [9.17, 15) is 14.4 Å². The van der Waals surface area contributed by atoms with E-state index in [-0.39, 0.29) is 23.8 Å². The van der Waals surface area contributed by atoms with Gasteiger partial charge in [0.1, 0.15) is 17.2 Å². The van der Waals surface area contributed by atoms with Crippen molar-refractivity contribution >= 4 is 40.9 Å². The Morgan fingerprint density at radius 1 is 1.35 bits per heavy atom. The van der Waals surface area contributed by atoms with Crippen LogP contribution in [0.5, 0.6) is 0 Å². The van der Waals surface area contributed by atoms with Crippen molar-refractivity contribution in [2.75, 3.05) is 12.4 Å². The van der Waals surface area contributed by atoms with Crippen LogP contribution < -0.4 is 5.32 Å². The second kappa shape index (κ2) is 8.41. The Morgan fingerprint density at radius 2 is 2.19 bits per heavy atom. The quantitative estimate of drug-likeness (QED) is 0.756. The first-order chi connectivity index (χ1) is 12.6. The van der Waals surface area contributed by atoms with Crippen LogP contribution in [0.3, 0.4) is 0 Å². The number of furan rings is 1. The van der Waals surface area contributed by atoms with Crippen LogP contribution in [0.1, 0.15) is 22.9 Å². The molecule has 0 bridgehead atoms. The van der Waals surface area contributed by atoms with Crippen LogP contribution in [0.15, 0.2) is 40.3 Å². The molecule has 2 aromatic rings. The van der Waals surface area contributed by atoms with E-state index in [1.807, 2.05) is 17.5 Å². The molecule has 3 heterocycles. The van der Waals surface area contributed by atoms with Crippen LogP contribution in [0, 0.1) is 0 Å². The molecule has 0 saturated carbocycles. The molecule has 1 fully saturated rings. The molecule has 1 aliphatic heterocycles. The van der Waals surface area contributed by atoms with E-state index in [0.29, 0.717) is 18.1 Å². The number of amides is 2. The maximum absolute atomic E-state index is 12.4. The molecule has 0 aromatic carbocycles. The summed E-state index contributed by atoms with van der Waals surface area (Å²) in [5, 5.41) is 4.24. The highest BCUT2D eigenvalue weighted by Gasteiger charge is 2.43. The lowest BCUT2D eigenvalue weighted by molar-refractivity contribution is -0.156. The SMILES string of the molecule is CC(=O)N1[C@H](C(=O)OCC(=O)NCc2cccs2)CS[C@H]1c1ccco1. The van der Waals surface area contributed by atoms with E-state index in [1.54, 1.807) is 12.1 Å². The molecule has 1 aliphatic rings. The zero-order valence-electron chi connectivity index (χ0n) is 14.0. The summed E-state index contributed by atoms with van der Waals surface area (Å²) in [6, 6.07) is 6.57. The van der Waals surface area contributed by atoms with Crippen molar-refractivity contribution in [1.82, 2.24) is 10.2 Å². The molecule has 26 heavy (non-hydrogen) atoms. The van der Waals surface area contributed by atoms with Crippen LogP contribution in [0.2, 0.25) is 0 Å². The Balaban J connectivity index is 1.53. The molecule has 0 aliphatic carbocycles. The number of ether oxygens (including phenoxy) is 1. The zero-order chi connectivity index (χ0) is 18.5. The van der Waals surface area contributed by atoms with Crippen LogP contribution in [0.25, 0.3) is 0 Å². The Kier molecular flexibility index (Phi) is 6.00. The van der Waals surface area contributed by atoms with E-state index in [2.05, 4.69) is 5.32 Å². The topological polar surface area (TPSA) is 88.8 Å². The predicted molar refractivity (Wildman–Crippen MR) is 97.3 cm³/mol. The van der Waals surface area contributed by atoms with Gasteiger partial charge < -0.3 is 19.4 Å². The maximum atomic E-state index is 12.4. The minimum atomic E-state index is -0.738. The van der Waals surface area contributed by atoms with Crippen molar-refractivity contribution in [1.29, 1.82) is 0 Å². The van der Waals surface area contributed by atoms with Gasteiger partial charge in [0.05, 0.1) is 12.8 Å². The number of hydrogen-bond acceptors (Lipinski definition) is 7. The number of nitrogens with one attached hydrogen (secondary N) is 1. The molecule has 2 aromatic heterocycles. The van der Waals surface area contributed by atoms with E-state index in [1.165, 1.54) is 41.2 Å². The van der Waals surface area contributed by atoms with Gasteiger partial charge in [0, 0.05) is 17.6 Å². The fourth-order valence-corrected chi connectivity index (χ4v) is 4.67. The van der Waals surface area contributed by atoms with Crippen LogP contribution in [-0.4, -0.2) is 41.1 Å². The average molecular weight is 394 g/mol. The summed E-state index contributed by atoms with van der Waals surface area (Å²) >= 11 is 2.96. The molecule has 3 rings (SSSR count). The first-order valence-electron chi connectivity index (χ1n) is 7.96. The molecule has 2 amide bonds. The van der Waals surface area contributed by atoms with Gasteiger partial charge in [-0.1, -0.05) is 6.07 Å². The molecular formula is C17H18N2O5S2. The van der Waals surface area contributed by atoms with Gasteiger partial charge in [0.15, 0.2) is 6.61 Å². The van der Waals surface area contributed by atoms with Gasteiger partial charge in [0.2, 0.25) is 5.91 Å². The number of thioether (sulfide) groups is 1. The first kappa shape index (κ1) is 18.5. The van der Waals surface area contributed by atoms with E-state index < -0.39 is 12.0 Å². The Morgan fingerprint density at radius 3 is 2.85 bits per heavy atom. The highest BCUT2D eigenvalue weighted by atomic mass is 32.2. The third-order valence-corrected chi connectivity index (χ3v) is 5.97. The molecule has 138 valence electrons. The fraction of sp³-hybridized carbons (Fsp3) is 0.353. The fourth-order valence-electron chi connectivity index (χ4n) is 2.61. The Hall–Kier alpha value is -2.26. The van der Waals surface area contributed by atoms with Crippen molar-refractivity contribution in [3.05, 3.63) is 46.5 Å². The number of rotatable bonds is 6. The number of carbonyl (C=O) groups excluding carboxylic acids is 3. The Labute approximate surface area is 158 Å². The number of nitrogens with zero attached hydrogens (tertiary/aromatic N) is 1. The maximum Gasteiger partial charge on any atom is 0.330 e. The third kappa shape index (κ3) is 4.28. The van der Waals surface area contributed by atoms with E-state index >= 15 is 0 Å². The molecule has 9 heteroatoms. The third-order valence-electron chi connectivity index (χ3n) is 3.81. The van der Waals surface area contributed by atoms with Gasteiger partial charge in [-0.25, -0.2) is 4.79 Å². The van der Waals surface area contributed by atoms with Gasteiger partial charge in [-0.2, -0.15) is 0 Å². The summed E-state index contributed by atoms with van der Waals surface area (Å²) in [7, 11) is 0. The molecule has 0 spiro atoms. The van der Waals surface area contributed by atoms with Crippen LogP contribution in [-0.2, 0) is 25.7 Å². The van der Waals surface area contributed by atoms with Crippen molar-refractivity contribution in [3.8, 4) is 0 Å². The largest absolute Gasteiger partial charge is 0.466 e. The van der Waals surface area contributed by atoms with E-state index in [4.69, 9.17) is 9.15 Å². The van der Waals surface area contributed by atoms with Gasteiger partial charge in [0.25, 0.3) is 5.91 Å². The summed E-state index contributed by atoms with van der Waals surface area (Å²) in [4.78, 5) is 38.7. The lowest BCUT2D eigenvalue weighted by Crippen LogP contribution is -2.43. The lowest BCUT2D eigenvalue weighted by Gasteiger charge is -2.25. The normalized spacial score (nSPS) is 19.3. The van der Waals surface area contributed by atoms with Crippen LogP contribution in [0.4, 0.5) is 0 Å². The summed E-state index contributed by atoms with van der Waals surface area (Å²) in [6.45, 7) is 1.42. The standard InChI is InChI=1S/C17H18N2O5S2/c1-11(20)19-13(10-26-16(19)14-5-2-6-23-14)17(22)24-9-15(21)18-8-12-4-3-7-25-12/h2-7,13,16H,8-10H2,1H3,(H,18,21)/t13-,16-/m0/s1. The molecule has 0 radical (unpaired) electrons. The van der Waals surface area contributed by atoms with Gasteiger partial charge in [-0.15, -0.1) is 23.1 Å². The molecule has 7 nitrogen and oxygen atoms in total. The summed E-state index contributed by atoms with van der Waals surface area (Å²) in [6.07, 6.45) is 1.53. The number of hydrogen-bond donors (Lipinski definition) is 1. The van der Waals surface area contributed by atoms with E-state index in [0.717, 1.165) is 4.88 Å². The van der Waals surface area contributed by atoms with Gasteiger partial charge >= 0.3 is 5.97 Å². The minimum Gasteiger partial charge on any atom is -0.466 e. The molecule has 1 N–H and O–H groups in total. The second-order valence-electron chi connectivity index (χ2n) is 5.61. The highest BCUT2D eigenvalue weighted by molar-refractivity contribution is 7.99. The molecule has 0 unspecified atom stereocenters. The number of carbonyl (C=O) groups is 3. The molecule has 2 atom stereocenters. The van der Waals surface area contributed by atoms with Crippen molar-refractivity contribution in [2.45, 2.75) is 24.9 Å². The minimum absolute atomic E-state index is 0.250. The Bertz CT molecular complexity index is 760. The number of esters is 1. The van der Waals surface area contributed by atoms with Gasteiger partial charge in [-0.05, 0) is 23.6 Å². The number of thiophene rings is 1. The summed E-state index contributed by atoms with van der Waals surface area (Å²) < 4.78 is 10.5. The zero-order valence-corrected chi connectivity index (χ0v) is 15.7. The molecular weight excluding hydrogens is 376 g/mol. The predicted octanol–water partition coefficient (Wildman–Crippen LogP) is 2.16. The van der Waals surface area contributed by atoms with Crippen molar-refractivity contribution in [3.63, 3.8) is 0 Å². The smallest absolute Gasteiger partial charge is 0.330 e.